The SMILES string of the molecule is CCCCCCSCc1c(C)noc1C. The van der Waals surface area contributed by atoms with Gasteiger partial charge in [0.15, 0.2) is 0 Å². The standard InChI is InChI=1S/C12H21NOS/c1-4-5-6-7-8-15-9-12-10(2)13-14-11(12)3/h4-9H2,1-3H3. The smallest absolute Gasteiger partial charge is 0.137 e. The predicted molar refractivity (Wildman–Crippen MR) is 66.3 cm³/mol. The van der Waals surface area contributed by atoms with Crippen LogP contribution in [-0.2, 0) is 5.75 Å². The largest absolute Gasteiger partial charge is 0.361 e. The first kappa shape index (κ1) is 12.6. The Morgan fingerprint density at radius 2 is 2.00 bits per heavy atom. The minimum absolute atomic E-state index is 0.980. The van der Waals surface area contributed by atoms with Gasteiger partial charge in [-0.15, -0.1) is 0 Å². The van der Waals surface area contributed by atoms with Gasteiger partial charge in [0, 0.05) is 11.3 Å². The Morgan fingerprint density at radius 3 is 2.60 bits per heavy atom. The summed E-state index contributed by atoms with van der Waals surface area (Å²) in [6.07, 6.45) is 5.38. The van der Waals surface area contributed by atoms with Crippen LogP contribution >= 0.6 is 11.8 Å². The number of aromatic nitrogens is 1. The Labute approximate surface area is 96.8 Å². The third kappa shape index (κ3) is 4.29. The Kier molecular flexibility index (Phi) is 5.84. The molecule has 0 saturated heterocycles. The number of nitrogens with zero attached hydrogens (tertiary/aromatic N) is 1. The molecule has 0 radical (unpaired) electrons. The van der Waals surface area contributed by atoms with Crippen LogP contribution in [0.25, 0.3) is 0 Å². The van der Waals surface area contributed by atoms with Crippen LogP contribution in [0.5, 0.6) is 0 Å². The molecule has 1 heterocycles. The highest BCUT2D eigenvalue weighted by Gasteiger charge is 2.07. The van der Waals surface area contributed by atoms with Gasteiger partial charge in [0.25, 0.3) is 0 Å². The molecule has 2 nitrogen and oxygen atoms in total. The second-order valence-electron chi connectivity index (χ2n) is 3.92. The van der Waals surface area contributed by atoms with E-state index in [-0.39, 0.29) is 0 Å². The molecule has 0 spiro atoms. The van der Waals surface area contributed by atoms with E-state index < -0.39 is 0 Å². The lowest BCUT2D eigenvalue weighted by Gasteiger charge is -2.00. The number of hydrogen-bond donors (Lipinski definition) is 0. The van der Waals surface area contributed by atoms with Crippen molar-refractivity contribution in [2.24, 2.45) is 0 Å². The van der Waals surface area contributed by atoms with E-state index in [2.05, 4.69) is 12.1 Å². The molecule has 0 N–H and O–H groups in total. The number of rotatable bonds is 7. The maximum absolute atomic E-state index is 5.13. The first-order chi connectivity index (χ1) is 7.25. The quantitative estimate of drug-likeness (QED) is 0.656. The molecule has 1 aromatic rings. The lowest BCUT2D eigenvalue weighted by atomic mass is 10.2. The molecule has 0 aliphatic heterocycles. The van der Waals surface area contributed by atoms with Gasteiger partial charge in [-0.25, -0.2) is 0 Å². The van der Waals surface area contributed by atoms with Crippen LogP contribution in [-0.4, -0.2) is 10.9 Å². The molecule has 1 rings (SSSR count). The zero-order valence-corrected chi connectivity index (χ0v) is 10.8. The molecule has 0 amide bonds. The number of thioether (sulfide) groups is 1. The summed E-state index contributed by atoms with van der Waals surface area (Å²) in [5, 5.41) is 3.96. The second-order valence-corrected chi connectivity index (χ2v) is 5.02. The molecule has 3 heteroatoms. The summed E-state index contributed by atoms with van der Waals surface area (Å²) in [6, 6.07) is 0. The summed E-state index contributed by atoms with van der Waals surface area (Å²) in [6.45, 7) is 6.26. The summed E-state index contributed by atoms with van der Waals surface area (Å²) < 4.78 is 5.13. The summed E-state index contributed by atoms with van der Waals surface area (Å²) in [5.41, 5.74) is 2.34. The van der Waals surface area contributed by atoms with Crippen molar-refractivity contribution in [3.05, 3.63) is 17.0 Å². The van der Waals surface area contributed by atoms with Crippen molar-refractivity contribution in [2.45, 2.75) is 52.2 Å². The third-order valence-electron chi connectivity index (χ3n) is 2.57. The Balaban J connectivity index is 2.15. The van der Waals surface area contributed by atoms with E-state index in [0.29, 0.717) is 0 Å². The maximum atomic E-state index is 5.13. The molecular formula is C12H21NOS. The van der Waals surface area contributed by atoms with Gasteiger partial charge in [-0.2, -0.15) is 11.8 Å². The maximum Gasteiger partial charge on any atom is 0.137 e. The molecule has 0 aliphatic rings. The summed E-state index contributed by atoms with van der Waals surface area (Å²) in [5.74, 6) is 3.28. The fraction of sp³-hybridized carbons (Fsp3) is 0.750. The zero-order chi connectivity index (χ0) is 11.1. The lowest BCUT2D eigenvalue weighted by Crippen LogP contribution is -1.87. The van der Waals surface area contributed by atoms with Crippen molar-refractivity contribution in [1.82, 2.24) is 5.16 Å². The highest BCUT2D eigenvalue weighted by atomic mass is 32.2. The topological polar surface area (TPSA) is 26.0 Å². The van der Waals surface area contributed by atoms with Crippen molar-refractivity contribution in [2.75, 3.05) is 5.75 Å². The summed E-state index contributed by atoms with van der Waals surface area (Å²) in [7, 11) is 0. The lowest BCUT2D eigenvalue weighted by molar-refractivity contribution is 0.392. The Bertz CT molecular complexity index is 264. The molecule has 86 valence electrons. The molecule has 0 saturated carbocycles. The summed E-state index contributed by atoms with van der Waals surface area (Å²) >= 11 is 1.99. The van der Waals surface area contributed by atoms with Crippen LogP contribution < -0.4 is 0 Å². The monoisotopic (exact) mass is 227 g/mol. The van der Waals surface area contributed by atoms with E-state index >= 15 is 0 Å². The van der Waals surface area contributed by atoms with Gasteiger partial charge < -0.3 is 4.52 Å². The van der Waals surface area contributed by atoms with Crippen molar-refractivity contribution < 1.29 is 4.52 Å². The van der Waals surface area contributed by atoms with Gasteiger partial charge in [-0.3, -0.25) is 0 Å². The predicted octanol–water partition coefficient (Wildman–Crippen LogP) is 4.10. The fourth-order valence-corrected chi connectivity index (χ4v) is 2.68. The zero-order valence-electron chi connectivity index (χ0n) is 10.0. The minimum Gasteiger partial charge on any atom is -0.361 e. The van der Waals surface area contributed by atoms with Crippen LogP contribution in [0.3, 0.4) is 0 Å². The number of unbranched alkanes of at least 4 members (excludes halogenated alkanes) is 3. The first-order valence-electron chi connectivity index (χ1n) is 5.75. The van der Waals surface area contributed by atoms with E-state index in [1.807, 2.05) is 25.6 Å². The molecule has 0 fully saturated rings. The van der Waals surface area contributed by atoms with E-state index in [0.717, 1.165) is 17.2 Å². The summed E-state index contributed by atoms with van der Waals surface area (Å²) in [4.78, 5) is 0. The van der Waals surface area contributed by atoms with Crippen molar-refractivity contribution in [3.8, 4) is 0 Å². The van der Waals surface area contributed by atoms with Gasteiger partial charge in [0.05, 0.1) is 5.69 Å². The molecular weight excluding hydrogens is 206 g/mol. The highest BCUT2D eigenvalue weighted by Crippen LogP contribution is 2.20. The molecule has 1 aromatic heterocycles. The van der Waals surface area contributed by atoms with E-state index in [4.69, 9.17) is 4.52 Å². The molecule has 0 aliphatic carbocycles. The number of aryl methyl sites for hydroxylation is 2. The van der Waals surface area contributed by atoms with Crippen molar-refractivity contribution >= 4 is 11.8 Å². The molecule has 0 bridgehead atoms. The third-order valence-corrected chi connectivity index (χ3v) is 3.64. The van der Waals surface area contributed by atoms with Crippen LogP contribution in [0, 0.1) is 13.8 Å². The van der Waals surface area contributed by atoms with Crippen molar-refractivity contribution in [1.29, 1.82) is 0 Å². The normalized spacial score (nSPS) is 10.9. The van der Waals surface area contributed by atoms with Crippen LogP contribution in [0.2, 0.25) is 0 Å². The van der Waals surface area contributed by atoms with Gasteiger partial charge >= 0.3 is 0 Å². The molecule has 0 aromatic carbocycles. The van der Waals surface area contributed by atoms with E-state index in [1.165, 1.54) is 37.0 Å². The minimum atomic E-state index is 0.980. The highest BCUT2D eigenvalue weighted by molar-refractivity contribution is 7.98. The van der Waals surface area contributed by atoms with Gasteiger partial charge in [-0.1, -0.05) is 31.3 Å². The second kappa shape index (κ2) is 6.94. The van der Waals surface area contributed by atoms with Gasteiger partial charge in [-0.05, 0) is 26.0 Å². The molecule has 15 heavy (non-hydrogen) atoms. The first-order valence-corrected chi connectivity index (χ1v) is 6.90. The average Bonchev–Trinajstić information content (AvgIpc) is 2.54. The molecule has 0 unspecified atom stereocenters. The van der Waals surface area contributed by atoms with E-state index in [1.54, 1.807) is 0 Å². The average molecular weight is 227 g/mol. The Hall–Kier alpha value is -0.440. The van der Waals surface area contributed by atoms with Gasteiger partial charge in [0.2, 0.25) is 0 Å². The number of hydrogen-bond acceptors (Lipinski definition) is 3. The molecule has 0 atom stereocenters. The van der Waals surface area contributed by atoms with Crippen LogP contribution in [0.1, 0.15) is 49.6 Å². The van der Waals surface area contributed by atoms with Crippen molar-refractivity contribution in [3.63, 3.8) is 0 Å². The fourth-order valence-electron chi connectivity index (χ4n) is 1.51. The van der Waals surface area contributed by atoms with Crippen LogP contribution in [0.15, 0.2) is 4.52 Å². The van der Waals surface area contributed by atoms with Gasteiger partial charge in [0.1, 0.15) is 5.76 Å². The van der Waals surface area contributed by atoms with E-state index in [9.17, 15) is 0 Å². The van der Waals surface area contributed by atoms with Crippen LogP contribution in [0.4, 0.5) is 0 Å². The Morgan fingerprint density at radius 1 is 1.20 bits per heavy atom.